The SMILES string of the molecule is CC=C(N=Cc1ccccc1CC)O[Si](C)(C)C. The zero-order chi connectivity index (χ0) is 13.6. The molecule has 0 saturated carbocycles. The molecule has 18 heavy (non-hydrogen) atoms. The second-order valence-electron chi connectivity index (χ2n) is 5.15. The highest BCUT2D eigenvalue weighted by atomic mass is 28.4. The highest BCUT2D eigenvalue weighted by Gasteiger charge is 2.16. The quantitative estimate of drug-likeness (QED) is 0.438. The highest BCUT2D eigenvalue weighted by molar-refractivity contribution is 6.70. The Morgan fingerprint density at radius 2 is 1.94 bits per heavy atom. The lowest BCUT2D eigenvalue weighted by molar-refractivity contribution is 0.417. The third-order valence-corrected chi connectivity index (χ3v) is 3.25. The van der Waals surface area contributed by atoms with Crippen LogP contribution in [0.1, 0.15) is 25.0 Å². The van der Waals surface area contributed by atoms with Crippen LogP contribution >= 0.6 is 0 Å². The van der Waals surface area contributed by atoms with Crippen molar-refractivity contribution < 1.29 is 4.43 Å². The topological polar surface area (TPSA) is 21.6 Å². The molecule has 0 saturated heterocycles. The number of allylic oxidation sites excluding steroid dienone is 1. The first-order valence-corrected chi connectivity index (χ1v) is 9.84. The standard InChI is InChI=1S/C15H23NOSi/c1-6-13-10-8-9-11-14(13)12-16-15(7-2)17-18(3,4)5/h7-12H,6H2,1-5H3. The van der Waals surface area contributed by atoms with Crippen LogP contribution in [0.3, 0.4) is 0 Å². The van der Waals surface area contributed by atoms with Crippen LogP contribution in [-0.4, -0.2) is 14.5 Å². The summed E-state index contributed by atoms with van der Waals surface area (Å²) in [5, 5.41) is 0. The van der Waals surface area contributed by atoms with Crippen LogP contribution < -0.4 is 0 Å². The van der Waals surface area contributed by atoms with E-state index in [0.29, 0.717) is 0 Å². The Balaban J connectivity index is 2.85. The van der Waals surface area contributed by atoms with Gasteiger partial charge in [-0.2, -0.15) is 0 Å². The van der Waals surface area contributed by atoms with Crippen LogP contribution in [0.15, 0.2) is 41.2 Å². The van der Waals surface area contributed by atoms with Gasteiger partial charge in [0.2, 0.25) is 8.32 Å². The highest BCUT2D eigenvalue weighted by Crippen LogP contribution is 2.12. The van der Waals surface area contributed by atoms with Crippen molar-refractivity contribution in [2.75, 3.05) is 0 Å². The zero-order valence-electron chi connectivity index (χ0n) is 12.0. The predicted molar refractivity (Wildman–Crippen MR) is 81.6 cm³/mol. The number of nitrogens with zero attached hydrogens (tertiary/aromatic N) is 1. The summed E-state index contributed by atoms with van der Waals surface area (Å²) in [6.07, 6.45) is 4.83. The van der Waals surface area contributed by atoms with E-state index in [1.165, 1.54) is 11.1 Å². The predicted octanol–water partition coefficient (Wildman–Crippen LogP) is 4.38. The maximum absolute atomic E-state index is 5.88. The van der Waals surface area contributed by atoms with Gasteiger partial charge in [-0.15, -0.1) is 0 Å². The molecule has 1 aromatic carbocycles. The molecule has 0 aliphatic heterocycles. The molecule has 0 radical (unpaired) electrons. The second kappa shape index (κ2) is 6.54. The van der Waals surface area contributed by atoms with Crippen molar-refractivity contribution in [3.05, 3.63) is 47.4 Å². The third kappa shape index (κ3) is 4.88. The van der Waals surface area contributed by atoms with Crippen LogP contribution in [0.2, 0.25) is 19.6 Å². The van der Waals surface area contributed by atoms with E-state index in [9.17, 15) is 0 Å². The Morgan fingerprint density at radius 1 is 1.28 bits per heavy atom. The number of hydrogen-bond donors (Lipinski definition) is 0. The largest absolute Gasteiger partial charge is 0.532 e. The Morgan fingerprint density at radius 3 is 2.50 bits per heavy atom. The van der Waals surface area contributed by atoms with E-state index in [0.717, 1.165) is 12.3 Å². The Hall–Kier alpha value is -1.35. The van der Waals surface area contributed by atoms with Gasteiger partial charge < -0.3 is 4.43 Å². The lowest BCUT2D eigenvalue weighted by atomic mass is 10.1. The number of rotatable bonds is 5. The number of aryl methyl sites for hydroxylation is 1. The molecule has 1 aromatic rings. The fraction of sp³-hybridized carbons (Fsp3) is 0.400. The van der Waals surface area contributed by atoms with Gasteiger partial charge in [0.25, 0.3) is 0 Å². The molecule has 0 aliphatic carbocycles. The summed E-state index contributed by atoms with van der Waals surface area (Å²) in [6.45, 7) is 10.6. The average Bonchev–Trinajstić information content (AvgIpc) is 2.33. The van der Waals surface area contributed by atoms with Gasteiger partial charge >= 0.3 is 0 Å². The molecule has 0 amide bonds. The van der Waals surface area contributed by atoms with Gasteiger partial charge in [0, 0.05) is 6.21 Å². The van der Waals surface area contributed by atoms with E-state index >= 15 is 0 Å². The molecular weight excluding hydrogens is 238 g/mol. The van der Waals surface area contributed by atoms with Gasteiger partial charge in [0.15, 0.2) is 5.88 Å². The van der Waals surface area contributed by atoms with Crippen molar-refractivity contribution in [1.29, 1.82) is 0 Å². The smallest absolute Gasteiger partial charge is 0.244 e. The Labute approximate surface area is 112 Å². The molecule has 0 aliphatic rings. The first-order valence-electron chi connectivity index (χ1n) is 6.43. The molecule has 98 valence electrons. The first kappa shape index (κ1) is 14.7. The van der Waals surface area contributed by atoms with Crippen LogP contribution in [-0.2, 0) is 10.8 Å². The molecule has 2 nitrogen and oxygen atoms in total. The lowest BCUT2D eigenvalue weighted by Gasteiger charge is -2.18. The van der Waals surface area contributed by atoms with Crippen LogP contribution in [0.25, 0.3) is 0 Å². The molecule has 1 rings (SSSR count). The Bertz CT molecular complexity index is 444. The Kier molecular flexibility index (Phi) is 5.35. The van der Waals surface area contributed by atoms with Gasteiger partial charge in [0.05, 0.1) is 0 Å². The maximum Gasteiger partial charge on any atom is 0.244 e. The summed E-state index contributed by atoms with van der Waals surface area (Å²) in [7, 11) is -1.58. The van der Waals surface area contributed by atoms with Crippen molar-refractivity contribution in [2.24, 2.45) is 4.99 Å². The van der Waals surface area contributed by atoms with Crippen LogP contribution in [0.4, 0.5) is 0 Å². The van der Waals surface area contributed by atoms with E-state index in [1.54, 1.807) is 0 Å². The fourth-order valence-electron chi connectivity index (χ4n) is 1.59. The van der Waals surface area contributed by atoms with Crippen molar-refractivity contribution in [3.63, 3.8) is 0 Å². The summed E-state index contributed by atoms with van der Waals surface area (Å²) in [5.41, 5.74) is 2.48. The third-order valence-electron chi connectivity index (χ3n) is 2.42. The fourth-order valence-corrected chi connectivity index (χ4v) is 2.39. The normalized spacial score (nSPS) is 13.1. The molecular formula is C15H23NOSi. The van der Waals surface area contributed by atoms with Gasteiger partial charge in [-0.3, -0.25) is 0 Å². The second-order valence-corrected chi connectivity index (χ2v) is 9.58. The maximum atomic E-state index is 5.88. The first-order chi connectivity index (χ1) is 8.46. The zero-order valence-corrected chi connectivity index (χ0v) is 13.0. The summed E-state index contributed by atoms with van der Waals surface area (Å²) in [4.78, 5) is 4.46. The number of hydrogen-bond acceptors (Lipinski definition) is 2. The summed E-state index contributed by atoms with van der Waals surface area (Å²) in [6, 6.07) is 8.32. The van der Waals surface area contributed by atoms with Crippen molar-refractivity contribution in [1.82, 2.24) is 0 Å². The van der Waals surface area contributed by atoms with E-state index < -0.39 is 8.32 Å². The molecule has 0 bridgehead atoms. The molecule has 0 fully saturated rings. The molecule has 0 N–H and O–H groups in total. The molecule has 0 heterocycles. The van der Waals surface area contributed by atoms with Gasteiger partial charge in [-0.05, 0) is 50.2 Å². The summed E-state index contributed by atoms with van der Waals surface area (Å²) < 4.78 is 5.88. The molecule has 0 atom stereocenters. The van der Waals surface area contributed by atoms with Crippen molar-refractivity contribution in [2.45, 2.75) is 39.9 Å². The lowest BCUT2D eigenvalue weighted by Crippen LogP contribution is -2.24. The van der Waals surface area contributed by atoms with E-state index in [-0.39, 0.29) is 0 Å². The van der Waals surface area contributed by atoms with E-state index in [4.69, 9.17) is 4.43 Å². The van der Waals surface area contributed by atoms with Gasteiger partial charge in [-0.25, -0.2) is 4.99 Å². The molecule has 3 heteroatoms. The summed E-state index contributed by atoms with van der Waals surface area (Å²) in [5.74, 6) is 0.722. The minimum Gasteiger partial charge on any atom is -0.532 e. The molecule has 0 aromatic heterocycles. The minimum absolute atomic E-state index is 0.722. The van der Waals surface area contributed by atoms with E-state index in [1.807, 2.05) is 25.3 Å². The van der Waals surface area contributed by atoms with Crippen molar-refractivity contribution >= 4 is 14.5 Å². The average molecular weight is 261 g/mol. The van der Waals surface area contributed by atoms with Gasteiger partial charge in [-0.1, -0.05) is 31.2 Å². The monoisotopic (exact) mass is 261 g/mol. The molecule has 0 spiro atoms. The minimum atomic E-state index is -1.58. The number of benzene rings is 1. The number of aliphatic imine (C=N–C) groups is 1. The van der Waals surface area contributed by atoms with Crippen molar-refractivity contribution in [3.8, 4) is 0 Å². The van der Waals surface area contributed by atoms with Crippen LogP contribution in [0.5, 0.6) is 0 Å². The summed E-state index contributed by atoms with van der Waals surface area (Å²) >= 11 is 0. The van der Waals surface area contributed by atoms with Crippen LogP contribution in [0, 0.1) is 0 Å². The van der Waals surface area contributed by atoms with E-state index in [2.05, 4.69) is 49.8 Å². The molecule has 0 unspecified atom stereocenters. The van der Waals surface area contributed by atoms with Gasteiger partial charge in [0.1, 0.15) is 0 Å².